The predicted molar refractivity (Wildman–Crippen MR) is 119 cm³/mol. The monoisotopic (exact) mass is 426 g/mol. The molecule has 0 aromatic heterocycles. The van der Waals surface area contributed by atoms with E-state index in [0.29, 0.717) is 12.3 Å². The van der Waals surface area contributed by atoms with Crippen molar-refractivity contribution in [1.82, 2.24) is 4.90 Å². The molecule has 0 spiro atoms. The molecule has 0 amide bonds. The number of rotatable bonds is 6. The fraction of sp³-hybridized carbons (Fsp3) is 0.261. The second kappa shape index (κ2) is 9.69. The topological polar surface area (TPSA) is 72.7 Å². The molecule has 0 unspecified atom stereocenters. The third-order valence-corrected chi connectivity index (χ3v) is 5.30. The maximum atomic E-state index is 12.7. The van der Waals surface area contributed by atoms with E-state index in [-0.39, 0.29) is 30.0 Å². The van der Waals surface area contributed by atoms with Gasteiger partial charge in [-0.1, -0.05) is 42.5 Å². The van der Waals surface area contributed by atoms with E-state index in [1.165, 1.54) is 12.1 Å². The van der Waals surface area contributed by atoms with Crippen molar-refractivity contribution in [1.29, 1.82) is 0 Å². The van der Waals surface area contributed by atoms with Crippen molar-refractivity contribution < 1.29 is 14.5 Å². The molecular weight excluding hydrogens is 404 g/mol. The molecule has 0 radical (unpaired) electrons. The molecule has 0 aliphatic carbocycles. The Hall–Kier alpha value is -2.96. The van der Waals surface area contributed by atoms with Crippen LogP contribution in [0.25, 0.3) is 10.8 Å². The molecule has 1 fully saturated rings. The van der Waals surface area contributed by atoms with Gasteiger partial charge in [0.15, 0.2) is 5.78 Å². The number of nitro benzene ring substituents is 1. The van der Waals surface area contributed by atoms with Gasteiger partial charge in [0, 0.05) is 24.7 Å². The van der Waals surface area contributed by atoms with Gasteiger partial charge in [0.1, 0.15) is 11.9 Å². The summed E-state index contributed by atoms with van der Waals surface area (Å²) in [7, 11) is 0. The van der Waals surface area contributed by atoms with Crippen LogP contribution in [0.3, 0.4) is 0 Å². The number of carbonyl (C=O) groups is 1. The van der Waals surface area contributed by atoms with Crippen molar-refractivity contribution in [3.63, 3.8) is 0 Å². The zero-order valence-corrected chi connectivity index (χ0v) is 17.2. The van der Waals surface area contributed by atoms with Gasteiger partial charge in [0.25, 0.3) is 5.69 Å². The van der Waals surface area contributed by atoms with Gasteiger partial charge >= 0.3 is 0 Å². The third-order valence-electron chi connectivity index (χ3n) is 5.30. The molecule has 0 atom stereocenters. The number of benzene rings is 3. The Morgan fingerprint density at radius 2 is 1.73 bits per heavy atom. The Balaban J connectivity index is 0.00000256. The number of likely N-dealkylation sites (tertiary alicyclic amines) is 1. The fourth-order valence-corrected chi connectivity index (χ4v) is 3.71. The zero-order valence-electron chi connectivity index (χ0n) is 16.4. The SMILES string of the molecule is Cl.O=C(CN1CCC(Oc2cccc([N+](=O)[O-])c2)CC1)c1ccc2ccccc2c1. The molecule has 1 heterocycles. The highest BCUT2D eigenvalue weighted by atomic mass is 35.5. The third kappa shape index (κ3) is 5.14. The van der Waals surface area contributed by atoms with Gasteiger partial charge in [-0.25, -0.2) is 0 Å². The van der Waals surface area contributed by atoms with Crippen LogP contribution in [0.4, 0.5) is 5.69 Å². The number of nitro groups is 1. The summed E-state index contributed by atoms with van der Waals surface area (Å²) in [4.78, 5) is 25.3. The average molecular weight is 427 g/mol. The summed E-state index contributed by atoms with van der Waals surface area (Å²) in [6.07, 6.45) is 1.57. The molecule has 7 heteroatoms. The summed E-state index contributed by atoms with van der Waals surface area (Å²) in [5, 5.41) is 13.1. The molecule has 0 bridgehead atoms. The van der Waals surface area contributed by atoms with Gasteiger partial charge in [-0.3, -0.25) is 19.8 Å². The minimum absolute atomic E-state index is 0. The quantitative estimate of drug-likeness (QED) is 0.318. The van der Waals surface area contributed by atoms with E-state index >= 15 is 0 Å². The number of fused-ring (bicyclic) bond motifs is 1. The van der Waals surface area contributed by atoms with Crippen molar-refractivity contribution in [2.75, 3.05) is 19.6 Å². The number of non-ortho nitro benzene ring substituents is 1. The average Bonchev–Trinajstić information content (AvgIpc) is 2.75. The molecule has 30 heavy (non-hydrogen) atoms. The second-order valence-electron chi connectivity index (χ2n) is 7.33. The smallest absolute Gasteiger partial charge is 0.273 e. The summed E-state index contributed by atoms with van der Waals surface area (Å²) in [6, 6.07) is 20.1. The number of hydrogen-bond acceptors (Lipinski definition) is 5. The lowest BCUT2D eigenvalue weighted by atomic mass is 10.0. The summed E-state index contributed by atoms with van der Waals surface area (Å²) in [6.45, 7) is 1.92. The second-order valence-corrected chi connectivity index (χ2v) is 7.33. The van der Waals surface area contributed by atoms with E-state index in [4.69, 9.17) is 4.74 Å². The van der Waals surface area contributed by atoms with E-state index in [2.05, 4.69) is 4.90 Å². The van der Waals surface area contributed by atoms with Crippen LogP contribution in [0.15, 0.2) is 66.7 Å². The van der Waals surface area contributed by atoms with Crippen molar-refractivity contribution in [2.45, 2.75) is 18.9 Å². The van der Waals surface area contributed by atoms with Gasteiger partial charge in [0.05, 0.1) is 17.5 Å². The molecule has 156 valence electrons. The number of ether oxygens (including phenoxy) is 1. The molecule has 1 saturated heterocycles. The number of Topliss-reactive ketones (excluding diaryl/α,β-unsaturated/α-hetero) is 1. The van der Waals surface area contributed by atoms with E-state index in [1.807, 2.05) is 42.5 Å². The number of hydrogen-bond donors (Lipinski definition) is 0. The normalized spacial score (nSPS) is 14.8. The minimum atomic E-state index is -0.423. The first-order chi connectivity index (χ1) is 14.1. The Bertz CT molecular complexity index is 1050. The lowest BCUT2D eigenvalue weighted by molar-refractivity contribution is -0.385. The highest BCUT2D eigenvalue weighted by Gasteiger charge is 2.23. The van der Waals surface area contributed by atoms with Crippen LogP contribution < -0.4 is 4.74 Å². The number of halogens is 1. The first-order valence-electron chi connectivity index (χ1n) is 9.74. The maximum Gasteiger partial charge on any atom is 0.273 e. The van der Waals surface area contributed by atoms with Crippen LogP contribution in [0.5, 0.6) is 5.75 Å². The molecule has 1 aliphatic rings. The molecule has 3 aromatic carbocycles. The molecule has 3 aromatic rings. The van der Waals surface area contributed by atoms with Crippen LogP contribution in [0, 0.1) is 10.1 Å². The van der Waals surface area contributed by atoms with Crippen LogP contribution in [0.2, 0.25) is 0 Å². The number of carbonyl (C=O) groups excluding carboxylic acids is 1. The number of piperidine rings is 1. The lowest BCUT2D eigenvalue weighted by Gasteiger charge is -2.31. The Labute approximate surface area is 181 Å². The van der Waals surface area contributed by atoms with Gasteiger partial charge in [-0.15, -0.1) is 12.4 Å². The summed E-state index contributed by atoms with van der Waals surface area (Å²) >= 11 is 0. The number of ketones is 1. The Kier molecular flexibility index (Phi) is 7.03. The maximum absolute atomic E-state index is 12.7. The first-order valence-corrected chi connectivity index (χ1v) is 9.74. The zero-order chi connectivity index (χ0) is 20.2. The van der Waals surface area contributed by atoms with Gasteiger partial charge in [-0.05, 0) is 35.7 Å². The van der Waals surface area contributed by atoms with E-state index in [0.717, 1.165) is 42.3 Å². The summed E-state index contributed by atoms with van der Waals surface area (Å²) in [5.74, 6) is 0.638. The predicted octanol–water partition coefficient (Wildman–Crippen LogP) is 4.90. The van der Waals surface area contributed by atoms with E-state index in [9.17, 15) is 14.9 Å². The standard InChI is InChI=1S/C23H22N2O4.ClH/c26-23(19-9-8-17-4-1-2-5-18(17)14-19)16-24-12-10-21(11-13-24)29-22-7-3-6-20(15-22)25(27)28;/h1-9,14-15,21H,10-13,16H2;1H. The van der Waals surface area contributed by atoms with Crippen LogP contribution in [0.1, 0.15) is 23.2 Å². The highest BCUT2D eigenvalue weighted by Crippen LogP contribution is 2.23. The lowest BCUT2D eigenvalue weighted by Crippen LogP contribution is -2.40. The first kappa shape index (κ1) is 21.7. The molecule has 0 N–H and O–H groups in total. The van der Waals surface area contributed by atoms with Crippen molar-refractivity contribution >= 4 is 34.7 Å². The van der Waals surface area contributed by atoms with Crippen molar-refractivity contribution in [2.24, 2.45) is 0 Å². The van der Waals surface area contributed by atoms with E-state index < -0.39 is 4.92 Å². The number of nitrogens with zero attached hydrogens (tertiary/aromatic N) is 2. The van der Waals surface area contributed by atoms with Crippen molar-refractivity contribution in [3.05, 3.63) is 82.4 Å². The molecule has 0 saturated carbocycles. The summed E-state index contributed by atoms with van der Waals surface area (Å²) in [5.41, 5.74) is 0.764. The molecule has 4 rings (SSSR count). The van der Waals surface area contributed by atoms with Crippen LogP contribution in [-0.4, -0.2) is 41.3 Å². The van der Waals surface area contributed by atoms with Crippen LogP contribution in [-0.2, 0) is 0 Å². The minimum Gasteiger partial charge on any atom is -0.490 e. The molecule has 6 nitrogen and oxygen atoms in total. The summed E-state index contributed by atoms with van der Waals surface area (Å²) < 4.78 is 5.92. The van der Waals surface area contributed by atoms with Gasteiger partial charge in [-0.2, -0.15) is 0 Å². The van der Waals surface area contributed by atoms with Crippen molar-refractivity contribution in [3.8, 4) is 5.75 Å². The van der Waals surface area contributed by atoms with Gasteiger partial charge < -0.3 is 4.74 Å². The Morgan fingerprint density at radius 1 is 1.00 bits per heavy atom. The van der Waals surface area contributed by atoms with Crippen LogP contribution >= 0.6 is 12.4 Å². The highest BCUT2D eigenvalue weighted by molar-refractivity contribution is 6.01. The fourth-order valence-electron chi connectivity index (χ4n) is 3.71. The molecule has 1 aliphatic heterocycles. The van der Waals surface area contributed by atoms with E-state index in [1.54, 1.807) is 12.1 Å². The molecular formula is C23H23ClN2O4. The Morgan fingerprint density at radius 3 is 2.47 bits per heavy atom. The van der Waals surface area contributed by atoms with Gasteiger partial charge in [0.2, 0.25) is 0 Å². The largest absolute Gasteiger partial charge is 0.490 e.